The van der Waals surface area contributed by atoms with E-state index in [1.165, 1.54) is 12.1 Å². The molecule has 0 spiro atoms. The second kappa shape index (κ2) is 9.67. The number of carbonyl (C=O) groups excluding carboxylic acids is 2. The van der Waals surface area contributed by atoms with Crippen LogP contribution in [0, 0.1) is 12.7 Å². The Balaban J connectivity index is 0.00000300. The summed E-state index contributed by atoms with van der Waals surface area (Å²) in [7, 11) is 1.16. The molecule has 1 aliphatic heterocycles. The molecule has 2 aromatic rings. The van der Waals surface area contributed by atoms with Crippen LogP contribution in [0.3, 0.4) is 0 Å². The molecule has 0 aliphatic carbocycles. The van der Waals surface area contributed by atoms with Gasteiger partial charge in [0.25, 0.3) is 11.5 Å². The smallest absolute Gasteiger partial charge is 0.340 e. The average Bonchev–Trinajstić information content (AvgIpc) is 2.68. The van der Waals surface area contributed by atoms with Crippen molar-refractivity contribution in [2.75, 3.05) is 25.5 Å². The maximum atomic E-state index is 14.1. The van der Waals surface area contributed by atoms with Crippen molar-refractivity contribution >= 4 is 30.0 Å². The number of aryl methyl sites for hydroxylation is 1. The van der Waals surface area contributed by atoms with Crippen molar-refractivity contribution in [2.45, 2.75) is 25.8 Å². The molecule has 9 heteroatoms. The van der Waals surface area contributed by atoms with Gasteiger partial charge in [-0.2, -0.15) is 0 Å². The quantitative estimate of drug-likeness (QED) is 0.738. The van der Waals surface area contributed by atoms with Crippen LogP contribution < -0.4 is 16.2 Å². The van der Waals surface area contributed by atoms with E-state index < -0.39 is 17.7 Å². The van der Waals surface area contributed by atoms with E-state index in [2.05, 4.69) is 15.4 Å². The lowest BCUT2D eigenvalue weighted by Crippen LogP contribution is -2.37. The zero-order valence-corrected chi connectivity index (χ0v) is 17.0. The lowest BCUT2D eigenvalue weighted by atomic mass is 10.0. The third-order valence-electron chi connectivity index (χ3n) is 4.89. The van der Waals surface area contributed by atoms with Gasteiger partial charge in [-0.05, 0) is 62.7 Å². The minimum absolute atomic E-state index is 0. The summed E-state index contributed by atoms with van der Waals surface area (Å²) in [4.78, 5) is 37.1. The number of piperidine rings is 1. The van der Waals surface area contributed by atoms with E-state index in [-0.39, 0.29) is 40.8 Å². The Labute approximate surface area is 173 Å². The number of esters is 1. The maximum absolute atomic E-state index is 14.1. The third kappa shape index (κ3) is 4.83. The number of aromatic nitrogens is 1. The molecule has 1 aromatic heterocycles. The normalized spacial score (nSPS) is 14.0. The Morgan fingerprint density at radius 1 is 1.24 bits per heavy atom. The number of methoxy groups -OCH3 is 1. The number of anilines is 1. The monoisotopic (exact) mass is 423 g/mol. The first kappa shape index (κ1) is 22.6. The molecule has 156 valence electrons. The highest BCUT2D eigenvalue weighted by molar-refractivity contribution is 6.05. The molecule has 1 amide bonds. The molecule has 2 N–H and O–H groups in total. The maximum Gasteiger partial charge on any atom is 0.340 e. The van der Waals surface area contributed by atoms with Crippen molar-refractivity contribution in [3.8, 4) is 0 Å². The SMILES string of the molecule is COC(=O)c1ccc(NC(=O)c2c(C)ccn(C3CCNCC3)c2=O)cc1F.Cl. The highest BCUT2D eigenvalue weighted by atomic mass is 35.5. The Morgan fingerprint density at radius 2 is 1.93 bits per heavy atom. The lowest BCUT2D eigenvalue weighted by Gasteiger charge is -2.25. The van der Waals surface area contributed by atoms with Crippen LogP contribution >= 0.6 is 12.4 Å². The van der Waals surface area contributed by atoms with Crippen LogP contribution in [0.5, 0.6) is 0 Å². The van der Waals surface area contributed by atoms with Gasteiger partial charge in [0.15, 0.2) is 0 Å². The Kier molecular flexibility index (Phi) is 7.53. The van der Waals surface area contributed by atoms with E-state index in [0.29, 0.717) is 5.56 Å². The van der Waals surface area contributed by atoms with Crippen molar-refractivity contribution in [1.82, 2.24) is 9.88 Å². The van der Waals surface area contributed by atoms with Gasteiger partial charge in [-0.1, -0.05) is 0 Å². The van der Waals surface area contributed by atoms with E-state index in [0.717, 1.165) is 39.1 Å². The number of benzene rings is 1. The molecule has 3 rings (SSSR count). The second-order valence-electron chi connectivity index (χ2n) is 6.71. The summed E-state index contributed by atoms with van der Waals surface area (Å²) in [6, 6.07) is 5.41. The van der Waals surface area contributed by atoms with E-state index in [1.54, 1.807) is 23.8 Å². The second-order valence-corrected chi connectivity index (χ2v) is 6.71. The van der Waals surface area contributed by atoms with Gasteiger partial charge in [0.2, 0.25) is 0 Å². The molecular weight excluding hydrogens is 401 g/mol. The zero-order valence-electron chi connectivity index (χ0n) is 16.2. The van der Waals surface area contributed by atoms with Gasteiger partial charge in [0.05, 0.1) is 12.7 Å². The average molecular weight is 424 g/mol. The number of hydrogen-bond donors (Lipinski definition) is 2. The minimum Gasteiger partial charge on any atom is -0.465 e. The topological polar surface area (TPSA) is 89.4 Å². The predicted molar refractivity (Wildman–Crippen MR) is 110 cm³/mol. The van der Waals surface area contributed by atoms with Crippen LogP contribution in [0.2, 0.25) is 0 Å². The summed E-state index contributed by atoms with van der Waals surface area (Å²) in [6.45, 7) is 3.32. The molecule has 2 heterocycles. The van der Waals surface area contributed by atoms with Crippen LogP contribution in [-0.4, -0.2) is 36.6 Å². The van der Waals surface area contributed by atoms with Gasteiger partial charge in [-0.25, -0.2) is 9.18 Å². The first-order valence-electron chi connectivity index (χ1n) is 9.04. The van der Waals surface area contributed by atoms with Gasteiger partial charge in [0.1, 0.15) is 11.4 Å². The van der Waals surface area contributed by atoms with Crippen molar-refractivity contribution in [1.29, 1.82) is 0 Å². The highest BCUT2D eigenvalue weighted by Gasteiger charge is 2.22. The Hall–Kier alpha value is -2.71. The fourth-order valence-electron chi connectivity index (χ4n) is 3.35. The van der Waals surface area contributed by atoms with Crippen molar-refractivity contribution < 1.29 is 18.7 Å². The summed E-state index contributed by atoms with van der Waals surface area (Å²) >= 11 is 0. The van der Waals surface area contributed by atoms with Gasteiger partial charge in [-0.15, -0.1) is 12.4 Å². The third-order valence-corrected chi connectivity index (χ3v) is 4.89. The highest BCUT2D eigenvalue weighted by Crippen LogP contribution is 2.19. The molecule has 1 aromatic carbocycles. The van der Waals surface area contributed by atoms with E-state index in [4.69, 9.17) is 0 Å². The Morgan fingerprint density at radius 3 is 2.55 bits per heavy atom. The molecular formula is C20H23ClFN3O4. The van der Waals surface area contributed by atoms with Gasteiger partial charge in [0, 0.05) is 17.9 Å². The van der Waals surface area contributed by atoms with Crippen LogP contribution in [0.1, 0.15) is 45.2 Å². The van der Waals surface area contributed by atoms with Gasteiger partial charge >= 0.3 is 5.97 Å². The standard InChI is InChI=1S/C20H22FN3O4.ClH/c1-12-7-10-24(14-5-8-22-9-6-14)19(26)17(12)18(25)23-13-3-4-15(16(21)11-13)20(27)28-2;/h3-4,7,10-11,14,22H,5-6,8-9H2,1-2H3,(H,23,25);1H. The number of pyridine rings is 1. The van der Waals surface area contributed by atoms with Crippen LogP contribution in [-0.2, 0) is 4.74 Å². The molecule has 0 bridgehead atoms. The molecule has 0 radical (unpaired) electrons. The molecule has 0 atom stereocenters. The molecule has 1 aliphatic rings. The molecule has 29 heavy (non-hydrogen) atoms. The van der Waals surface area contributed by atoms with Crippen LogP contribution in [0.4, 0.5) is 10.1 Å². The van der Waals surface area contributed by atoms with E-state index in [9.17, 15) is 18.8 Å². The number of carbonyl (C=O) groups is 2. The number of halogens is 2. The molecule has 1 saturated heterocycles. The Bertz CT molecular complexity index is 971. The number of ether oxygens (including phenoxy) is 1. The van der Waals surface area contributed by atoms with Crippen molar-refractivity contribution in [2.24, 2.45) is 0 Å². The summed E-state index contributed by atoms with van der Waals surface area (Å²) in [5.74, 6) is -2.24. The summed E-state index contributed by atoms with van der Waals surface area (Å²) < 4.78 is 20.2. The van der Waals surface area contributed by atoms with E-state index >= 15 is 0 Å². The summed E-state index contributed by atoms with van der Waals surface area (Å²) in [6.07, 6.45) is 3.34. The van der Waals surface area contributed by atoms with Crippen molar-refractivity contribution in [3.05, 3.63) is 63.3 Å². The fraction of sp³-hybridized carbons (Fsp3) is 0.350. The number of nitrogens with zero attached hydrogens (tertiary/aromatic N) is 1. The van der Waals surface area contributed by atoms with Crippen LogP contribution in [0.25, 0.3) is 0 Å². The van der Waals surface area contributed by atoms with Crippen LogP contribution in [0.15, 0.2) is 35.3 Å². The molecule has 1 fully saturated rings. The summed E-state index contributed by atoms with van der Waals surface area (Å²) in [5, 5.41) is 5.78. The number of hydrogen-bond acceptors (Lipinski definition) is 5. The number of amides is 1. The van der Waals surface area contributed by atoms with Crippen molar-refractivity contribution in [3.63, 3.8) is 0 Å². The largest absolute Gasteiger partial charge is 0.465 e. The van der Waals surface area contributed by atoms with Gasteiger partial charge in [-0.3, -0.25) is 9.59 Å². The molecule has 0 unspecified atom stereocenters. The molecule has 7 nitrogen and oxygen atoms in total. The fourth-order valence-corrected chi connectivity index (χ4v) is 3.35. The predicted octanol–water partition coefficient (Wildman–Crippen LogP) is 2.68. The summed E-state index contributed by atoms with van der Waals surface area (Å²) in [5.41, 5.74) is 0.116. The number of rotatable bonds is 4. The minimum atomic E-state index is -0.818. The first-order valence-corrected chi connectivity index (χ1v) is 9.04. The number of nitrogens with one attached hydrogen (secondary N) is 2. The molecule has 0 saturated carbocycles. The zero-order chi connectivity index (χ0) is 20.3. The first-order chi connectivity index (χ1) is 13.4. The lowest BCUT2D eigenvalue weighted by molar-refractivity contribution is 0.0595. The van der Waals surface area contributed by atoms with Gasteiger partial charge < -0.3 is 19.9 Å². The van der Waals surface area contributed by atoms with E-state index in [1.807, 2.05) is 0 Å².